The SMILES string of the molecule is Cc1cc(C(=O)N2CC(C)N(C)C(C)C2)[nH]c1C=O. The third-order valence-corrected chi connectivity index (χ3v) is 4.05. The Morgan fingerprint density at radius 2 is 1.95 bits per heavy atom. The van der Waals surface area contributed by atoms with Gasteiger partial charge in [0.05, 0.1) is 5.69 Å². The predicted molar refractivity (Wildman–Crippen MR) is 73.5 cm³/mol. The number of rotatable bonds is 2. The van der Waals surface area contributed by atoms with Crippen LogP contribution in [0.1, 0.15) is 40.4 Å². The summed E-state index contributed by atoms with van der Waals surface area (Å²) in [6, 6.07) is 2.43. The molecule has 1 aromatic rings. The molecule has 0 bridgehead atoms. The average Bonchev–Trinajstić information content (AvgIpc) is 2.75. The van der Waals surface area contributed by atoms with Crippen LogP contribution < -0.4 is 0 Å². The van der Waals surface area contributed by atoms with Gasteiger partial charge in [0.15, 0.2) is 6.29 Å². The molecular weight excluding hydrogens is 242 g/mol. The number of nitrogens with one attached hydrogen (secondary N) is 1. The van der Waals surface area contributed by atoms with Gasteiger partial charge in [0.25, 0.3) is 5.91 Å². The number of nitrogens with zero attached hydrogens (tertiary/aromatic N) is 2. The first-order valence-electron chi connectivity index (χ1n) is 6.60. The van der Waals surface area contributed by atoms with Gasteiger partial charge in [-0.1, -0.05) is 0 Å². The second kappa shape index (κ2) is 5.17. The molecule has 2 rings (SSSR count). The van der Waals surface area contributed by atoms with Crippen molar-refractivity contribution in [3.05, 3.63) is 23.0 Å². The third-order valence-electron chi connectivity index (χ3n) is 4.05. The number of aldehydes is 1. The number of hydrogen-bond acceptors (Lipinski definition) is 3. The molecule has 1 aliphatic rings. The molecule has 104 valence electrons. The van der Waals surface area contributed by atoms with Crippen molar-refractivity contribution >= 4 is 12.2 Å². The summed E-state index contributed by atoms with van der Waals surface area (Å²) < 4.78 is 0. The number of amides is 1. The number of piperazine rings is 1. The van der Waals surface area contributed by atoms with Crippen LogP contribution >= 0.6 is 0 Å². The van der Waals surface area contributed by atoms with Crippen LogP contribution in [0.2, 0.25) is 0 Å². The predicted octanol–water partition coefficient (Wildman–Crippen LogP) is 1.30. The highest BCUT2D eigenvalue weighted by Gasteiger charge is 2.30. The van der Waals surface area contributed by atoms with Gasteiger partial charge in [-0.3, -0.25) is 14.5 Å². The lowest BCUT2D eigenvalue weighted by Gasteiger charge is -2.42. The summed E-state index contributed by atoms with van der Waals surface area (Å²) >= 11 is 0. The monoisotopic (exact) mass is 263 g/mol. The Bertz CT molecular complexity index is 483. The fourth-order valence-corrected chi connectivity index (χ4v) is 2.55. The Morgan fingerprint density at radius 1 is 1.37 bits per heavy atom. The molecule has 5 nitrogen and oxygen atoms in total. The van der Waals surface area contributed by atoms with Crippen molar-refractivity contribution in [1.82, 2.24) is 14.8 Å². The fraction of sp³-hybridized carbons (Fsp3) is 0.571. The van der Waals surface area contributed by atoms with E-state index in [0.717, 1.165) is 11.8 Å². The standard InChI is InChI=1S/C14H21N3O2/c1-9-5-12(15-13(9)8-18)14(19)17-6-10(2)16(4)11(3)7-17/h5,8,10-11,15H,6-7H2,1-4H3. The third kappa shape index (κ3) is 2.56. The van der Waals surface area contributed by atoms with Crippen LogP contribution in [0.15, 0.2) is 6.07 Å². The van der Waals surface area contributed by atoms with E-state index in [9.17, 15) is 9.59 Å². The summed E-state index contributed by atoms with van der Waals surface area (Å²) in [5, 5.41) is 0. The van der Waals surface area contributed by atoms with Crippen LogP contribution in [0.4, 0.5) is 0 Å². The summed E-state index contributed by atoms with van der Waals surface area (Å²) in [4.78, 5) is 30.3. The smallest absolute Gasteiger partial charge is 0.270 e. The van der Waals surface area contributed by atoms with E-state index < -0.39 is 0 Å². The van der Waals surface area contributed by atoms with Gasteiger partial charge in [-0.2, -0.15) is 0 Å². The number of likely N-dealkylation sites (N-methyl/N-ethyl adjacent to an activating group) is 1. The number of hydrogen-bond donors (Lipinski definition) is 1. The van der Waals surface area contributed by atoms with Crippen molar-refractivity contribution in [3.63, 3.8) is 0 Å². The van der Waals surface area contributed by atoms with Crippen LogP contribution in [0, 0.1) is 6.92 Å². The largest absolute Gasteiger partial charge is 0.348 e. The molecule has 5 heteroatoms. The number of carbonyl (C=O) groups excluding carboxylic acids is 2. The Hall–Kier alpha value is -1.62. The topological polar surface area (TPSA) is 56.4 Å². The van der Waals surface area contributed by atoms with Crippen molar-refractivity contribution in [2.45, 2.75) is 32.9 Å². The van der Waals surface area contributed by atoms with Crippen molar-refractivity contribution in [3.8, 4) is 0 Å². The Balaban J connectivity index is 2.17. The molecule has 0 radical (unpaired) electrons. The lowest BCUT2D eigenvalue weighted by atomic mass is 10.1. The van der Waals surface area contributed by atoms with E-state index in [-0.39, 0.29) is 5.91 Å². The lowest BCUT2D eigenvalue weighted by Crippen LogP contribution is -2.56. The molecule has 1 N–H and O–H groups in total. The number of carbonyl (C=O) groups is 2. The highest BCUT2D eigenvalue weighted by molar-refractivity contribution is 5.94. The van der Waals surface area contributed by atoms with E-state index in [1.165, 1.54) is 0 Å². The van der Waals surface area contributed by atoms with E-state index in [1.54, 1.807) is 6.07 Å². The van der Waals surface area contributed by atoms with Crippen LogP contribution in [0.25, 0.3) is 0 Å². The van der Waals surface area contributed by atoms with Crippen molar-refractivity contribution in [2.24, 2.45) is 0 Å². The second-order valence-corrected chi connectivity index (χ2v) is 5.47. The highest BCUT2D eigenvalue weighted by atomic mass is 16.2. The van der Waals surface area contributed by atoms with E-state index >= 15 is 0 Å². The summed E-state index contributed by atoms with van der Waals surface area (Å²) in [5.74, 6) is -0.0250. The molecule has 0 saturated carbocycles. The minimum Gasteiger partial charge on any atom is -0.348 e. The average molecular weight is 263 g/mol. The van der Waals surface area contributed by atoms with E-state index in [4.69, 9.17) is 0 Å². The first-order valence-corrected chi connectivity index (χ1v) is 6.60. The summed E-state index contributed by atoms with van der Waals surface area (Å²) in [6.07, 6.45) is 0.751. The second-order valence-electron chi connectivity index (χ2n) is 5.47. The molecule has 1 amide bonds. The van der Waals surface area contributed by atoms with Crippen LogP contribution in [0.3, 0.4) is 0 Å². The molecule has 0 spiro atoms. The maximum absolute atomic E-state index is 12.4. The van der Waals surface area contributed by atoms with Gasteiger partial charge in [0.2, 0.25) is 0 Å². The van der Waals surface area contributed by atoms with Gasteiger partial charge in [0.1, 0.15) is 5.69 Å². The molecule has 2 atom stereocenters. The maximum atomic E-state index is 12.4. The molecule has 19 heavy (non-hydrogen) atoms. The maximum Gasteiger partial charge on any atom is 0.270 e. The Morgan fingerprint density at radius 3 is 2.42 bits per heavy atom. The number of aromatic amines is 1. The van der Waals surface area contributed by atoms with Crippen molar-refractivity contribution < 1.29 is 9.59 Å². The molecule has 0 aromatic carbocycles. The zero-order valence-corrected chi connectivity index (χ0v) is 11.9. The first-order chi connectivity index (χ1) is 8.93. The number of aryl methyl sites for hydroxylation is 1. The molecular formula is C14H21N3O2. The van der Waals surface area contributed by atoms with Crippen LogP contribution in [-0.4, -0.2) is 59.2 Å². The number of aromatic nitrogens is 1. The minimum absolute atomic E-state index is 0.0250. The van der Waals surface area contributed by atoms with Gasteiger partial charge >= 0.3 is 0 Å². The molecule has 1 aromatic heterocycles. The fourth-order valence-electron chi connectivity index (χ4n) is 2.55. The van der Waals surface area contributed by atoms with Gasteiger partial charge in [-0.15, -0.1) is 0 Å². The Kier molecular flexibility index (Phi) is 3.75. The van der Waals surface area contributed by atoms with E-state index in [0.29, 0.717) is 36.6 Å². The summed E-state index contributed by atoms with van der Waals surface area (Å²) in [5.41, 5.74) is 1.80. The zero-order chi connectivity index (χ0) is 14.2. The molecule has 2 unspecified atom stereocenters. The molecule has 1 saturated heterocycles. The lowest BCUT2D eigenvalue weighted by molar-refractivity contribution is 0.0410. The van der Waals surface area contributed by atoms with Crippen LogP contribution in [0.5, 0.6) is 0 Å². The molecule has 2 heterocycles. The molecule has 1 aliphatic heterocycles. The van der Waals surface area contributed by atoms with Gasteiger partial charge in [-0.05, 0) is 39.4 Å². The molecule has 1 fully saturated rings. The normalized spacial score (nSPS) is 24.5. The first kappa shape index (κ1) is 13.8. The minimum atomic E-state index is -0.0250. The van der Waals surface area contributed by atoms with Gasteiger partial charge < -0.3 is 9.88 Å². The molecule has 0 aliphatic carbocycles. The zero-order valence-electron chi connectivity index (χ0n) is 11.9. The quantitative estimate of drug-likeness (QED) is 0.818. The summed E-state index contributed by atoms with van der Waals surface area (Å²) in [7, 11) is 2.08. The number of H-pyrrole nitrogens is 1. The van der Waals surface area contributed by atoms with E-state index in [2.05, 4.69) is 30.8 Å². The van der Waals surface area contributed by atoms with E-state index in [1.807, 2.05) is 11.8 Å². The van der Waals surface area contributed by atoms with Crippen molar-refractivity contribution in [1.29, 1.82) is 0 Å². The van der Waals surface area contributed by atoms with Gasteiger partial charge in [-0.25, -0.2) is 0 Å². The van der Waals surface area contributed by atoms with Crippen LogP contribution in [-0.2, 0) is 0 Å². The van der Waals surface area contributed by atoms with Crippen molar-refractivity contribution in [2.75, 3.05) is 20.1 Å². The highest BCUT2D eigenvalue weighted by Crippen LogP contribution is 2.17. The van der Waals surface area contributed by atoms with Gasteiger partial charge in [0, 0.05) is 25.2 Å². The summed E-state index contributed by atoms with van der Waals surface area (Å²) in [6.45, 7) is 7.49. The Labute approximate surface area is 113 Å².